The van der Waals surface area contributed by atoms with E-state index in [1.807, 2.05) is 6.07 Å². The Bertz CT molecular complexity index is 986. The van der Waals surface area contributed by atoms with Crippen LogP contribution in [0.4, 0.5) is 0 Å². The van der Waals surface area contributed by atoms with E-state index in [2.05, 4.69) is 9.97 Å². The second kappa shape index (κ2) is 6.82. The van der Waals surface area contributed by atoms with Crippen molar-refractivity contribution >= 4 is 16.9 Å². The highest BCUT2D eigenvalue weighted by Crippen LogP contribution is 2.35. The Labute approximate surface area is 154 Å². The molecule has 3 heterocycles. The molecular weight excluding hydrogens is 350 g/mol. The molecule has 0 bridgehead atoms. The first-order valence-corrected chi connectivity index (χ1v) is 8.27. The number of hydrogen-bond donors (Lipinski definition) is 2. The lowest BCUT2D eigenvalue weighted by atomic mass is 9.78. The predicted molar refractivity (Wildman–Crippen MR) is 95.0 cm³/mol. The molecule has 8 heteroatoms. The Balaban J connectivity index is 1.61. The van der Waals surface area contributed by atoms with Gasteiger partial charge in [-0.2, -0.15) is 4.98 Å². The topological polar surface area (TPSA) is 103 Å². The SMILES string of the molecule is COc1ccc2c(Oc3ccc(C4(C(=O)NO)COC4)cc3)ccnc2n1. The van der Waals surface area contributed by atoms with Crippen LogP contribution in [0.15, 0.2) is 48.7 Å². The third kappa shape index (κ3) is 2.94. The van der Waals surface area contributed by atoms with Gasteiger partial charge in [0.1, 0.15) is 16.9 Å². The number of fused-ring (bicyclic) bond motifs is 1. The van der Waals surface area contributed by atoms with Gasteiger partial charge in [-0.1, -0.05) is 12.1 Å². The second-order valence-electron chi connectivity index (χ2n) is 6.18. The number of benzene rings is 1. The van der Waals surface area contributed by atoms with Crippen LogP contribution in [0.25, 0.3) is 11.0 Å². The zero-order chi connectivity index (χ0) is 18.9. The zero-order valence-electron chi connectivity index (χ0n) is 14.5. The highest BCUT2D eigenvalue weighted by molar-refractivity contribution is 5.88. The van der Waals surface area contributed by atoms with Crippen molar-refractivity contribution in [2.45, 2.75) is 5.41 Å². The van der Waals surface area contributed by atoms with Crippen molar-refractivity contribution in [1.82, 2.24) is 15.4 Å². The van der Waals surface area contributed by atoms with Gasteiger partial charge in [-0.05, 0) is 29.8 Å². The van der Waals surface area contributed by atoms with Crippen LogP contribution in [0.3, 0.4) is 0 Å². The maximum atomic E-state index is 12.0. The fourth-order valence-electron chi connectivity index (χ4n) is 3.00. The number of rotatable bonds is 5. The predicted octanol–water partition coefficient (Wildman–Crippen LogP) is 2.20. The molecular formula is C19H17N3O5. The van der Waals surface area contributed by atoms with Gasteiger partial charge in [0.15, 0.2) is 5.65 Å². The summed E-state index contributed by atoms with van der Waals surface area (Å²) in [5.41, 5.74) is 2.12. The monoisotopic (exact) mass is 367 g/mol. The summed E-state index contributed by atoms with van der Waals surface area (Å²) in [7, 11) is 1.55. The highest BCUT2D eigenvalue weighted by Gasteiger charge is 2.47. The molecule has 2 aromatic heterocycles. The zero-order valence-corrected chi connectivity index (χ0v) is 14.5. The third-order valence-electron chi connectivity index (χ3n) is 4.61. The smallest absolute Gasteiger partial charge is 0.258 e. The molecule has 0 unspecified atom stereocenters. The van der Waals surface area contributed by atoms with E-state index in [1.54, 1.807) is 55.2 Å². The van der Waals surface area contributed by atoms with Crippen molar-refractivity contribution in [1.29, 1.82) is 0 Å². The van der Waals surface area contributed by atoms with Gasteiger partial charge in [0.05, 0.1) is 25.7 Å². The molecule has 0 radical (unpaired) electrons. The van der Waals surface area contributed by atoms with E-state index in [-0.39, 0.29) is 13.2 Å². The van der Waals surface area contributed by atoms with E-state index < -0.39 is 11.3 Å². The minimum Gasteiger partial charge on any atom is -0.481 e. The first-order valence-electron chi connectivity index (χ1n) is 8.27. The van der Waals surface area contributed by atoms with Gasteiger partial charge in [-0.25, -0.2) is 10.5 Å². The van der Waals surface area contributed by atoms with Crippen LogP contribution in [-0.4, -0.2) is 41.4 Å². The molecule has 4 rings (SSSR count). The van der Waals surface area contributed by atoms with Crippen molar-refractivity contribution in [3.05, 3.63) is 54.2 Å². The summed E-state index contributed by atoms with van der Waals surface area (Å²) < 4.78 is 16.3. The quantitative estimate of drug-likeness (QED) is 0.526. The number of hydroxylamine groups is 1. The molecule has 1 aliphatic heterocycles. The summed E-state index contributed by atoms with van der Waals surface area (Å²) in [6, 6.07) is 12.4. The standard InChI is InChI=1S/C19H17N3O5/c1-25-16-7-6-14-15(8-9-20-17(14)21-16)27-13-4-2-12(3-5-13)19(10-26-11-19)18(23)22-24/h2-9,24H,10-11H2,1H3,(H,22,23). The molecule has 0 spiro atoms. The molecule has 3 aromatic rings. The normalized spacial score (nSPS) is 15.0. The average Bonchev–Trinajstić information content (AvgIpc) is 2.68. The number of pyridine rings is 2. The average molecular weight is 367 g/mol. The number of carbonyl (C=O) groups is 1. The largest absolute Gasteiger partial charge is 0.481 e. The molecule has 0 atom stereocenters. The van der Waals surface area contributed by atoms with Crippen molar-refractivity contribution in [3.63, 3.8) is 0 Å². The van der Waals surface area contributed by atoms with Crippen molar-refractivity contribution in [2.24, 2.45) is 0 Å². The Hall–Kier alpha value is -3.23. The molecule has 27 heavy (non-hydrogen) atoms. The van der Waals surface area contributed by atoms with Gasteiger partial charge in [0, 0.05) is 12.3 Å². The second-order valence-corrected chi connectivity index (χ2v) is 6.18. The van der Waals surface area contributed by atoms with Gasteiger partial charge in [-0.3, -0.25) is 10.0 Å². The lowest BCUT2D eigenvalue weighted by Crippen LogP contribution is -2.57. The third-order valence-corrected chi connectivity index (χ3v) is 4.61. The number of carbonyl (C=O) groups excluding carboxylic acids is 1. The molecule has 1 amide bonds. The number of ether oxygens (including phenoxy) is 3. The first kappa shape index (κ1) is 17.2. The molecule has 2 N–H and O–H groups in total. The van der Waals surface area contributed by atoms with Crippen LogP contribution < -0.4 is 15.0 Å². The summed E-state index contributed by atoms with van der Waals surface area (Å²) in [5.74, 6) is 1.20. The summed E-state index contributed by atoms with van der Waals surface area (Å²) in [6.07, 6.45) is 1.62. The molecule has 1 saturated heterocycles. The molecule has 0 saturated carbocycles. The van der Waals surface area contributed by atoms with Crippen LogP contribution in [-0.2, 0) is 14.9 Å². The fourth-order valence-corrected chi connectivity index (χ4v) is 3.00. The Morgan fingerprint density at radius 2 is 1.96 bits per heavy atom. The Kier molecular flexibility index (Phi) is 4.35. The number of nitrogens with zero attached hydrogens (tertiary/aromatic N) is 2. The molecule has 0 aliphatic carbocycles. The summed E-state index contributed by atoms with van der Waals surface area (Å²) in [4.78, 5) is 20.5. The summed E-state index contributed by atoms with van der Waals surface area (Å²) in [6.45, 7) is 0.449. The highest BCUT2D eigenvalue weighted by atomic mass is 16.5. The number of methoxy groups -OCH3 is 1. The van der Waals surface area contributed by atoms with E-state index in [0.717, 1.165) is 10.9 Å². The first-order chi connectivity index (χ1) is 13.2. The van der Waals surface area contributed by atoms with Crippen LogP contribution in [0.5, 0.6) is 17.4 Å². The summed E-state index contributed by atoms with van der Waals surface area (Å²) in [5, 5.41) is 9.74. The molecule has 1 fully saturated rings. The van der Waals surface area contributed by atoms with Crippen LogP contribution in [0, 0.1) is 0 Å². The van der Waals surface area contributed by atoms with Gasteiger partial charge < -0.3 is 14.2 Å². The van der Waals surface area contributed by atoms with Crippen LogP contribution in [0.1, 0.15) is 5.56 Å². The Morgan fingerprint density at radius 3 is 2.59 bits per heavy atom. The fraction of sp³-hybridized carbons (Fsp3) is 0.211. The van der Waals surface area contributed by atoms with E-state index in [1.165, 1.54) is 0 Å². The number of hydrogen-bond acceptors (Lipinski definition) is 7. The minimum atomic E-state index is -0.864. The summed E-state index contributed by atoms with van der Waals surface area (Å²) >= 11 is 0. The van der Waals surface area contributed by atoms with E-state index >= 15 is 0 Å². The lowest BCUT2D eigenvalue weighted by molar-refractivity contribution is -0.153. The minimum absolute atomic E-state index is 0.224. The van der Waals surface area contributed by atoms with Crippen LogP contribution >= 0.6 is 0 Å². The van der Waals surface area contributed by atoms with Crippen molar-refractivity contribution < 1.29 is 24.2 Å². The van der Waals surface area contributed by atoms with Gasteiger partial charge in [-0.15, -0.1) is 0 Å². The van der Waals surface area contributed by atoms with Gasteiger partial charge >= 0.3 is 0 Å². The number of amides is 1. The van der Waals surface area contributed by atoms with Crippen molar-refractivity contribution in [2.75, 3.05) is 20.3 Å². The molecule has 1 aliphatic rings. The van der Waals surface area contributed by atoms with E-state index in [9.17, 15) is 4.79 Å². The lowest BCUT2D eigenvalue weighted by Gasteiger charge is -2.39. The van der Waals surface area contributed by atoms with Gasteiger partial charge in [0.2, 0.25) is 5.88 Å². The molecule has 1 aromatic carbocycles. The maximum absolute atomic E-state index is 12.0. The van der Waals surface area contributed by atoms with E-state index in [4.69, 9.17) is 19.4 Å². The van der Waals surface area contributed by atoms with E-state index in [0.29, 0.717) is 23.0 Å². The van der Waals surface area contributed by atoms with Crippen molar-refractivity contribution in [3.8, 4) is 17.4 Å². The number of aromatic nitrogens is 2. The number of nitrogens with one attached hydrogen (secondary N) is 1. The molecule has 138 valence electrons. The van der Waals surface area contributed by atoms with Crippen LogP contribution in [0.2, 0.25) is 0 Å². The maximum Gasteiger partial charge on any atom is 0.258 e. The molecule has 8 nitrogen and oxygen atoms in total. The Morgan fingerprint density at radius 1 is 1.19 bits per heavy atom. The van der Waals surface area contributed by atoms with Gasteiger partial charge in [0.25, 0.3) is 5.91 Å².